The molecule has 1 amide bonds. The molecule has 1 unspecified atom stereocenters. The summed E-state index contributed by atoms with van der Waals surface area (Å²) < 4.78 is 0. The number of nitrogens with one attached hydrogen (secondary N) is 1. The lowest BCUT2D eigenvalue weighted by atomic mass is 10.1. The minimum absolute atomic E-state index is 0.00660. The minimum Gasteiger partial charge on any atom is -0.335 e. The van der Waals surface area contributed by atoms with Gasteiger partial charge in [0.05, 0.1) is 10.5 Å². The third kappa shape index (κ3) is 3.66. The van der Waals surface area contributed by atoms with Gasteiger partial charge in [0.1, 0.15) is 0 Å². The predicted molar refractivity (Wildman–Crippen MR) is 80.8 cm³/mol. The molecule has 0 spiro atoms. The molecular formula is C15H19N3O3. The third-order valence-electron chi connectivity index (χ3n) is 3.64. The fourth-order valence-electron chi connectivity index (χ4n) is 2.55. The van der Waals surface area contributed by atoms with Crippen LogP contribution in [0.25, 0.3) is 6.08 Å². The highest BCUT2D eigenvalue weighted by atomic mass is 16.6. The van der Waals surface area contributed by atoms with Crippen LogP contribution in [0.4, 0.5) is 5.69 Å². The molecular weight excluding hydrogens is 270 g/mol. The fourth-order valence-corrected chi connectivity index (χ4v) is 2.55. The first kappa shape index (κ1) is 15.2. The van der Waals surface area contributed by atoms with Gasteiger partial charge < -0.3 is 10.2 Å². The Morgan fingerprint density at radius 3 is 2.90 bits per heavy atom. The van der Waals surface area contributed by atoms with Crippen LogP contribution in [0.3, 0.4) is 0 Å². The number of para-hydroxylation sites is 1. The molecule has 6 heteroatoms. The van der Waals surface area contributed by atoms with Gasteiger partial charge in [-0.2, -0.15) is 0 Å². The van der Waals surface area contributed by atoms with Crippen LogP contribution in [0.15, 0.2) is 30.3 Å². The van der Waals surface area contributed by atoms with E-state index in [4.69, 9.17) is 0 Å². The first-order chi connectivity index (χ1) is 10.1. The summed E-state index contributed by atoms with van der Waals surface area (Å²) in [6.45, 7) is 4.29. The first-order valence-corrected chi connectivity index (χ1v) is 7.06. The Kier molecular flexibility index (Phi) is 5.05. The number of nitrogens with zero attached hydrogens (tertiary/aromatic N) is 2. The van der Waals surface area contributed by atoms with Gasteiger partial charge in [-0.05, 0) is 32.0 Å². The van der Waals surface area contributed by atoms with Crippen molar-refractivity contribution in [2.45, 2.75) is 19.4 Å². The van der Waals surface area contributed by atoms with E-state index in [1.54, 1.807) is 23.1 Å². The molecule has 112 valence electrons. The summed E-state index contributed by atoms with van der Waals surface area (Å²) in [7, 11) is 0. The molecule has 0 saturated carbocycles. The van der Waals surface area contributed by atoms with Crippen molar-refractivity contribution < 1.29 is 9.72 Å². The maximum Gasteiger partial charge on any atom is 0.276 e. The summed E-state index contributed by atoms with van der Waals surface area (Å²) >= 11 is 0. The molecule has 0 aromatic heterocycles. The van der Waals surface area contributed by atoms with Crippen LogP contribution >= 0.6 is 0 Å². The maximum absolute atomic E-state index is 12.3. The molecule has 1 atom stereocenters. The third-order valence-corrected chi connectivity index (χ3v) is 3.64. The van der Waals surface area contributed by atoms with Crippen molar-refractivity contribution in [2.24, 2.45) is 0 Å². The van der Waals surface area contributed by atoms with E-state index in [0.29, 0.717) is 12.1 Å². The molecule has 1 aliphatic heterocycles. The Labute approximate surface area is 123 Å². The standard InChI is InChI=1S/C15H19N3O3/c1-2-17(13-9-10-16-11-13)15(19)8-7-12-5-3-4-6-14(12)18(20)21/h3-8,13,16H,2,9-11H2,1H3. The molecule has 1 fully saturated rings. The number of hydrogen-bond acceptors (Lipinski definition) is 4. The largest absolute Gasteiger partial charge is 0.335 e. The molecule has 1 heterocycles. The van der Waals surface area contributed by atoms with Gasteiger partial charge in [0.25, 0.3) is 5.69 Å². The molecule has 1 aromatic carbocycles. The zero-order valence-corrected chi connectivity index (χ0v) is 12.0. The summed E-state index contributed by atoms with van der Waals surface area (Å²) in [4.78, 5) is 24.5. The molecule has 0 aliphatic carbocycles. The molecule has 2 rings (SSSR count). The molecule has 6 nitrogen and oxygen atoms in total. The molecule has 21 heavy (non-hydrogen) atoms. The molecule has 1 saturated heterocycles. The van der Waals surface area contributed by atoms with Crippen molar-refractivity contribution in [2.75, 3.05) is 19.6 Å². The van der Waals surface area contributed by atoms with E-state index in [1.165, 1.54) is 18.2 Å². The molecule has 1 aromatic rings. The van der Waals surface area contributed by atoms with Crippen molar-refractivity contribution >= 4 is 17.7 Å². The van der Waals surface area contributed by atoms with Crippen molar-refractivity contribution in [3.8, 4) is 0 Å². The average molecular weight is 289 g/mol. The first-order valence-electron chi connectivity index (χ1n) is 7.06. The van der Waals surface area contributed by atoms with E-state index in [1.807, 2.05) is 6.92 Å². The second-order valence-corrected chi connectivity index (χ2v) is 4.92. The van der Waals surface area contributed by atoms with Crippen molar-refractivity contribution in [3.63, 3.8) is 0 Å². The zero-order chi connectivity index (χ0) is 15.2. The van der Waals surface area contributed by atoms with Gasteiger partial charge in [-0.15, -0.1) is 0 Å². The molecule has 1 aliphatic rings. The highest BCUT2D eigenvalue weighted by Crippen LogP contribution is 2.19. The summed E-state index contributed by atoms with van der Waals surface area (Å²) in [6.07, 6.45) is 3.88. The number of carbonyl (C=O) groups excluding carboxylic acids is 1. The van der Waals surface area contributed by atoms with Gasteiger partial charge in [0.15, 0.2) is 0 Å². The Hall–Kier alpha value is -2.21. The predicted octanol–water partition coefficient (Wildman–Crippen LogP) is 1.82. The van der Waals surface area contributed by atoms with Crippen LogP contribution in [0, 0.1) is 10.1 Å². The Bertz CT molecular complexity index is 551. The highest BCUT2D eigenvalue weighted by molar-refractivity contribution is 5.92. The van der Waals surface area contributed by atoms with E-state index in [0.717, 1.165) is 19.5 Å². The van der Waals surface area contributed by atoms with Crippen LogP contribution in [0.1, 0.15) is 18.9 Å². The average Bonchev–Trinajstić information content (AvgIpc) is 3.00. The van der Waals surface area contributed by atoms with E-state index in [2.05, 4.69) is 5.32 Å². The van der Waals surface area contributed by atoms with Gasteiger partial charge >= 0.3 is 0 Å². The SMILES string of the molecule is CCN(C(=O)C=Cc1ccccc1[N+](=O)[O-])C1CCNC1. The van der Waals surface area contributed by atoms with Gasteiger partial charge in [0.2, 0.25) is 5.91 Å². The van der Waals surface area contributed by atoms with Crippen LogP contribution < -0.4 is 5.32 Å². The number of rotatable bonds is 5. The fraction of sp³-hybridized carbons (Fsp3) is 0.400. The van der Waals surface area contributed by atoms with E-state index in [9.17, 15) is 14.9 Å². The Balaban J connectivity index is 2.12. The number of carbonyl (C=O) groups is 1. The van der Waals surface area contributed by atoms with Gasteiger partial charge in [0, 0.05) is 31.3 Å². The maximum atomic E-state index is 12.3. The highest BCUT2D eigenvalue weighted by Gasteiger charge is 2.23. The van der Waals surface area contributed by atoms with Crippen molar-refractivity contribution in [3.05, 3.63) is 46.0 Å². The van der Waals surface area contributed by atoms with Crippen LogP contribution in [0.2, 0.25) is 0 Å². The normalized spacial score (nSPS) is 18.0. The number of hydrogen-bond donors (Lipinski definition) is 1. The van der Waals surface area contributed by atoms with Gasteiger partial charge in [-0.1, -0.05) is 12.1 Å². The smallest absolute Gasteiger partial charge is 0.276 e. The van der Waals surface area contributed by atoms with Crippen molar-refractivity contribution in [1.82, 2.24) is 10.2 Å². The van der Waals surface area contributed by atoms with Crippen LogP contribution in [0.5, 0.6) is 0 Å². The summed E-state index contributed by atoms with van der Waals surface area (Å²) in [5.74, 6) is -0.107. The number of nitro benzene ring substituents is 1. The lowest BCUT2D eigenvalue weighted by Crippen LogP contribution is -2.40. The number of likely N-dealkylation sites (N-methyl/N-ethyl adjacent to an activating group) is 1. The topological polar surface area (TPSA) is 75.5 Å². The Morgan fingerprint density at radius 2 is 2.29 bits per heavy atom. The van der Waals surface area contributed by atoms with Gasteiger partial charge in [-0.25, -0.2) is 0 Å². The molecule has 0 bridgehead atoms. The second-order valence-electron chi connectivity index (χ2n) is 4.92. The lowest BCUT2D eigenvalue weighted by Gasteiger charge is -2.25. The van der Waals surface area contributed by atoms with E-state index in [-0.39, 0.29) is 17.6 Å². The summed E-state index contributed by atoms with van der Waals surface area (Å²) in [5.41, 5.74) is 0.448. The second kappa shape index (κ2) is 6.99. The monoisotopic (exact) mass is 289 g/mol. The quantitative estimate of drug-likeness (QED) is 0.509. The molecule has 0 radical (unpaired) electrons. The summed E-state index contributed by atoms with van der Waals surface area (Å²) in [5, 5.41) is 14.2. The van der Waals surface area contributed by atoms with Crippen LogP contribution in [-0.2, 0) is 4.79 Å². The minimum atomic E-state index is -0.442. The number of benzene rings is 1. The zero-order valence-electron chi connectivity index (χ0n) is 12.0. The van der Waals surface area contributed by atoms with E-state index >= 15 is 0 Å². The number of amides is 1. The lowest BCUT2D eigenvalue weighted by molar-refractivity contribution is -0.385. The molecule has 1 N–H and O–H groups in total. The van der Waals surface area contributed by atoms with Gasteiger partial charge in [-0.3, -0.25) is 14.9 Å². The van der Waals surface area contributed by atoms with Crippen LogP contribution in [-0.4, -0.2) is 41.4 Å². The summed E-state index contributed by atoms with van der Waals surface area (Å²) in [6, 6.07) is 6.60. The van der Waals surface area contributed by atoms with Crippen molar-refractivity contribution in [1.29, 1.82) is 0 Å². The number of nitro groups is 1. The van der Waals surface area contributed by atoms with E-state index < -0.39 is 4.92 Å². The Morgan fingerprint density at radius 1 is 1.52 bits per heavy atom.